The fraction of sp³-hybridized carbons (Fsp3) is 1.00. The highest BCUT2D eigenvalue weighted by molar-refractivity contribution is 5.08. The normalized spacial score (nSPS) is 57.8. The molecule has 8 atom stereocenters. The standard InChI is InChI=1S/C22H38/c1-5-16-7-9-19-18-8-6-17-14-15(2)10-12-22(17,4)20(18)11-13-21(16,19)3/h15-20H,5-14H2,1-4H3/t15?,16?,17?,18?,19?,20?,21-,22+/m1/s1. The first kappa shape index (κ1) is 15.5. The maximum absolute atomic E-state index is 2.72. The summed E-state index contributed by atoms with van der Waals surface area (Å²) in [5.74, 6) is 6.34. The lowest BCUT2D eigenvalue weighted by atomic mass is 9.44. The van der Waals surface area contributed by atoms with Gasteiger partial charge in [0.1, 0.15) is 0 Å². The highest BCUT2D eigenvalue weighted by Crippen LogP contribution is 2.68. The average Bonchev–Trinajstić information content (AvgIpc) is 2.84. The highest BCUT2D eigenvalue weighted by atomic mass is 14.6. The van der Waals surface area contributed by atoms with Gasteiger partial charge in [0.2, 0.25) is 0 Å². The first-order valence-corrected chi connectivity index (χ1v) is 10.5. The summed E-state index contributed by atoms with van der Waals surface area (Å²) in [6, 6.07) is 0. The highest BCUT2D eigenvalue weighted by Gasteiger charge is 2.59. The van der Waals surface area contributed by atoms with E-state index in [0.717, 1.165) is 35.5 Å². The van der Waals surface area contributed by atoms with Crippen LogP contribution in [0, 0.1) is 46.3 Å². The van der Waals surface area contributed by atoms with Crippen molar-refractivity contribution in [3.63, 3.8) is 0 Å². The Labute approximate surface area is 138 Å². The van der Waals surface area contributed by atoms with Crippen molar-refractivity contribution >= 4 is 0 Å². The van der Waals surface area contributed by atoms with E-state index in [0.29, 0.717) is 10.8 Å². The van der Waals surface area contributed by atoms with Crippen LogP contribution in [0.5, 0.6) is 0 Å². The van der Waals surface area contributed by atoms with Gasteiger partial charge in [-0.2, -0.15) is 0 Å². The predicted octanol–water partition coefficient (Wildman–Crippen LogP) is 6.69. The van der Waals surface area contributed by atoms with E-state index in [1.54, 1.807) is 44.9 Å². The third-order valence-electron chi connectivity index (χ3n) is 9.62. The van der Waals surface area contributed by atoms with Gasteiger partial charge in [-0.1, -0.05) is 40.5 Å². The quantitative estimate of drug-likeness (QED) is 0.506. The van der Waals surface area contributed by atoms with Crippen molar-refractivity contribution in [2.45, 2.75) is 91.9 Å². The SMILES string of the molecule is CCC1CCC2C3CCC4CC(C)CC[C@]4(C)C3CC[C@]12C. The first-order valence-electron chi connectivity index (χ1n) is 10.5. The summed E-state index contributed by atoms with van der Waals surface area (Å²) in [6.45, 7) is 10.4. The molecule has 0 aromatic carbocycles. The first-order chi connectivity index (χ1) is 10.5. The van der Waals surface area contributed by atoms with Gasteiger partial charge in [-0.05, 0) is 97.7 Å². The Morgan fingerprint density at radius 1 is 0.818 bits per heavy atom. The Morgan fingerprint density at radius 3 is 2.32 bits per heavy atom. The predicted molar refractivity (Wildman–Crippen MR) is 94.7 cm³/mol. The zero-order valence-electron chi connectivity index (χ0n) is 15.5. The summed E-state index contributed by atoms with van der Waals surface area (Å²) >= 11 is 0. The van der Waals surface area contributed by atoms with Gasteiger partial charge in [-0.15, -0.1) is 0 Å². The second kappa shape index (κ2) is 5.25. The van der Waals surface area contributed by atoms with E-state index in [2.05, 4.69) is 27.7 Å². The summed E-state index contributed by atoms with van der Waals surface area (Å²) < 4.78 is 0. The molecular weight excluding hydrogens is 264 g/mol. The minimum atomic E-state index is 0.709. The van der Waals surface area contributed by atoms with E-state index in [1.165, 1.54) is 19.3 Å². The van der Waals surface area contributed by atoms with Crippen molar-refractivity contribution in [2.75, 3.05) is 0 Å². The molecule has 0 heterocycles. The lowest BCUT2D eigenvalue weighted by Gasteiger charge is -2.61. The maximum Gasteiger partial charge on any atom is -0.0266 e. The van der Waals surface area contributed by atoms with Crippen LogP contribution >= 0.6 is 0 Å². The van der Waals surface area contributed by atoms with Gasteiger partial charge < -0.3 is 0 Å². The second-order valence-electron chi connectivity index (χ2n) is 10.3. The molecule has 0 saturated heterocycles. The Hall–Kier alpha value is 0. The molecule has 126 valence electrons. The molecule has 0 aliphatic heterocycles. The maximum atomic E-state index is 2.72. The van der Waals surface area contributed by atoms with Crippen LogP contribution in [-0.4, -0.2) is 0 Å². The molecule has 0 aromatic heterocycles. The molecule has 4 fully saturated rings. The van der Waals surface area contributed by atoms with Crippen LogP contribution in [0.2, 0.25) is 0 Å². The van der Waals surface area contributed by atoms with E-state index in [1.807, 2.05) is 0 Å². The summed E-state index contributed by atoms with van der Waals surface area (Å²) in [6.07, 6.45) is 15.4. The molecule has 0 N–H and O–H groups in total. The summed E-state index contributed by atoms with van der Waals surface area (Å²) in [5.41, 5.74) is 1.42. The molecule has 0 aromatic rings. The third kappa shape index (κ3) is 2.01. The largest absolute Gasteiger partial charge is 0.0651 e. The van der Waals surface area contributed by atoms with E-state index in [-0.39, 0.29) is 0 Å². The number of rotatable bonds is 1. The van der Waals surface area contributed by atoms with Crippen molar-refractivity contribution < 1.29 is 0 Å². The number of hydrogen-bond acceptors (Lipinski definition) is 0. The van der Waals surface area contributed by atoms with Gasteiger partial charge >= 0.3 is 0 Å². The molecule has 0 bridgehead atoms. The molecule has 4 saturated carbocycles. The van der Waals surface area contributed by atoms with Crippen molar-refractivity contribution in [3.05, 3.63) is 0 Å². The average molecular weight is 303 g/mol. The molecule has 0 nitrogen and oxygen atoms in total. The van der Waals surface area contributed by atoms with E-state index >= 15 is 0 Å². The Balaban J connectivity index is 1.61. The molecule has 4 aliphatic carbocycles. The Bertz CT molecular complexity index is 426. The molecule has 0 amide bonds. The van der Waals surface area contributed by atoms with Crippen molar-refractivity contribution in [1.82, 2.24) is 0 Å². The van der Waals surface area contributed by atoms with Crippen LogP contribution in [0.1, 0.15) is 91.9 Å². The van der Waals surface area contributed by atoms with E-state index < -0.39 is 0 Å². The molecule has 22 heavy (non-hydrogen) atoms. The molecule has 0 spiro atoms. The van der Waals surface area contributed by atoms with Gasteiger partial charge in [0.25, 0.3) is 0 Å². The summed E-state index contributed by atoms with van der Waals surface area (Å²) in [4.78, 5) is 0. The third-order valence-corrected chi connectivity index (χ3v) is 9.62. The zero-order valence-corrected chi connectivity index (χ0v) is 15.5. The molecular formula is C22H38. The number of hydrogen-bond donors (Lipinski definition) is 0. The van der Waals surface area contributed by atoms with Gasteiger partial charge in [0.15, 0.2) is 0 Å². The molecule has 4 rings (SSSR count). The van der Waals surface area contributed by atoms with Crippen LogP contribution < -0.4 is 0 Å². The fourth-order valence-corrected chi connectivity index (χ4v) is 8.25. The van der Waals surface area contributed by atoms with Gasteiger partial charge in [0.05, 0.1) is 0 Å². The van der Waals surface area contributed by atoms with Gasteiger partial charge in [0, 0.05) is 0 Å². The topological polar surface area (TPSA) is 0 Å². The van der Waals surface area contributed by atoms with Crippen LogP contribution in [0.25, 0.3) is 0 Å². The van der Waals surface area contributed by atoms with E-state index in [4.69, 9.17) is 0 Å². The molecule has 0 heteroatoms. The van der Waals surface area contributed by atoms with Gasteiger partial charge in [-0.25, -0.2) is 0 Å². The van der Waals surface area contributed by atoms with Crippen LogP contribution in [0.4, 0.5) is 0 Å². The monoisotopic (exact) mass is 302 g/mol. The lowest BCUT2D eigenvalue weighted by molar-refractivity contribution is -0.117. The zero-order chi connectivity index (χ0) is 15.5. The van der Waals surface area contributed by atoms with Gasteiger partial charge in [-0.3, -0.25) is 0 Å². The number of fused-ring (bicyclic) bond motifs is 5. The minimum absolute atomic E-state index is 0.709. The van der Waals surface area contributed by atoms with Crippen molar-refractivity contribution in [3.8, 4) is 0 Å². The molecule has 6 unspecified atom stereocenters. The van der Waals surface area contributed by atoms with Crippen LogP contribution in [0.15, 0.2) is 0 Å². The molecule has 4 aliphatic rings. The minimum Gasteiger partial charge on any atom is -0.0651 e. The van der Waals surface area contributed by atoms with Crippen LogP contribution in [-0.2, 0) is 0 Å². The van der Waals surface area contributed by atoms with Crippen LogP contribution in [0.3, 0.4) is 0 Å². The summed E-state index contributed by atoms with van der Waals surface area (Å²) in [5, 5.41) is 0. The molecule has 0 radical (unpaired) electrons. The second-order valence-corrected chi connectivity index (χ2v) is 10.3. The Morgan fingerprint density at radius 2 is 1.55 bits per heavy atom. The van der Waals surface area contributed by atoms with Crippen molar-refractivity contribution in [1.29, 1.82) is 0 Å². The Kier molecular flexibility index (Phi) is 3.70. The van der Waals surface area contributed by atoms with Crippen molar-refractivity contribution in [2.24, 2.45) is 46.3 Å². The van der Waals surface area contributed by atoms with E-state index in [9.17, 15) is 0 Å². The fourth-order valence-electron chi connectivity index (χ4n) is 8.25. The summed E-state index contributed by atoms with van der Waals surface area (Å²) in [7, 11) is 0. The smallest absolute Gasteiger partial charge is 0.0266 e. The lowest BCUT2D eigenvalue weighted by Crippen LogP contribution is -2.53.